The van der Waals surface area contributed by atoms with Crippen molar-refractivity contribution >= 4 is 11.6 Å². The number of benzene rings is 1. The minimum absolute atomic E-state index is 0.0277. The summed E-state index contributed by atoms with van der Waals surface area (Å²) in [6.07, 6.45) is -4.36. The zero-order valence-electron chi connectivity index (χ0n) is 9.75. The van der Waals surface area contributed by atoms with Gasteiger partial charge in [0.1, 0.15) is 6.61 Å². The Hall–Kier alpha value is -1.56. The molecule has 1 heterocycles. The molecule has 1 aliphatic heterocycles. The van der Waals surface area contributed by atoms with Crippen molar-refractivity contribution in [2.75, 3.05) is 24.7 Å². The van der Waals surface area contributed by atoms with E-state index in [1.165, 1.54) is 24.0 Å². The third-order valence-electron chi connectivity index (χ3n) is 2.81. The molecule has 1 saturated heterocycles. The van der Waals surface area contributed by atoms with Crippen molar-refractivity contribution in [2.45, 2.75) is 13.1 Å². The summed E-state index contributed by atoms with van der Waals surface area (Å²) in [5.41, 5.74) is -0.0833. The van der Waals surface area contributed by atoms with Gasteiger partial charge in [-0.25, -0.2) is 0 Å². The second-order valence-corrected chi connectivity index (χ2v) is 4.09. The van der Waals surface area contributed by atoms with E-state index in [0.29, 0.717) is 18.8 Å². The lowest BCUT2D eigenvalue weighted by Crippen LogP contribution is -2.41. The lowest BCUT2D eigenvalue weighted by atomic mass is 10.1. The van der Waals surface area contributed by atoms with Crippen molar-refractivity contribution in [3.05, 3.63) is 29.3 Å². The van der Waals surface area contributed by atoms with Gasteiger partial charge in [0.15, 0.2) is 0 Å². The molecule has 0 N–H and O–H groups in total. The molecule has 0 spiro atoms. The SMILES string of the molecule is Cc1cc(N2CCOCC2=O)ccc1C(F)(F)F. The topological polar surface area (TPSA) is 29.5 Å². The van der Waals surface area contributed by atoms with Crippen molar-refractivity contribution in [1.82, 2.24) is 0 Å². The van der Waals surface area contributed by atoms with Gasteiger partial charge in [-0.1, -0.05) is 0 Å². The summed E-state index contributed by atoms with van der Waals surface area (Å²) in [5.74, 6) is -0.236. The summed E-state index contributed by atoms with van der Waals surface area (Å²) in [6, 6.07) is 3.71. The van der Waals surface area contributed by atoms with Crippen LogP contribution < -0.4 is 4.90 Å². The number of ether oxygens (including phenoxy) is 1. The zero-order valence-corrected chi connectivity index (χ0v) is 9.75. The highest BCUT2D eigenvalue weighted by atomic mass is 19.4. The summed E-state index contributed by atoms with van der Waals surface area (Å²) >= 11 is 0. The quantitative estimate of drug-likeness (QED) is 0.775. The van der Waals surface area contributed by atoms with E-state index in [1.54, 1.807) is 0 Å². The number of carbonyl (C=O) groups excluding carboxylic acids is 1. The molecule has 0 aliphatic carbocycles. The monoisotopic (exact) mass is 259 g/mol. The van der Waals surface area contributed by atoms with Gasteiger partial charge in [0.25, 0.3) is 5.91 Å². The van der Waals surface area contributed by atoms with Gasteiger partial charge in [0, 0.05) is 12.2 Å². The molecule has 18 heavy (non-hydrogen) atoms. The number of alkyl halides is 3. The third-order valence-corrected chi connectivity index (χ3v) is 2.81. The number of hydrogen-bond acceptors (Lipinski definition) is 2. The molecule has 1 amide bonds. The van der Waals surface area contributed by atoms with Crippen LogP contribution in [0.3, 0.4) is 0 Å². The van der Waals surface area contributed by atoms with E-state index in [9.17, 15) is 18.0 Å². The fraction of sp³-hybridized carbons (Fsp3) is 0.417. The standard InChI is InChI=1S/C12H12F3NO2/c1-8-6-9(2-3-10(8)12(13,14)15)16-4-5-18-7-11(16)17/h2-3,6H,4-5,7H2,1H3. The molecule has 0 unspecified atom stereocenters. The molecule has 3 nitrogen and oxygen atoms in total. The highest BCUT2D eigenvalue weighted by Crippen LogP contribution is 2.33. The molecule has 98 valence electrons. The van der Waals surface area contributed by atoms with Gasteiger partial charge in [-0.05, 0) is 30.7 Å². The Morgan fingerprint density at radius 1 is 1.33 bits per heavy atom. The zero-order chi connectivity index (χ0) is 13.3. The van der Waals surface area contributed by atoms with Gasteiger partial charge in [0.2, 0.25) is 0 Å². The van der Waals surface area contributed by atoms with E-state index in [1.807, 2.05) is 0 Å². The first-order valence-corrected chi connectivity index (χ1v) is 5.45. The van der Waals surface area contributed by atoms with Crippen LogP contribution in [-0.4, -0.2) is 25.7 Å². The Morgan fingerprint density at radius 3 is 2.61 bits per heavy atom. The van der Waals surface area contributed by atoms with Gasteiger partial charge >= 0.3 is 6.18 Å². The molecule has 6 heteroatoms. The Balaban J connectivity index is 2.31. The van der Waals surface area contributed by atoms with Gasteiger partial charge < -0.3 is 9.64 Å². The second kappa shape index (κ2) is 4.61. The number of hydrogen-bond donors (Lipinski definition) is 0. The molecule has 0 aromatic heterocycles. The van der Waals surface area contributed by atoms with Crippen LogP contribution in [0.5, 0.6) is 0 Å². The van der Waals surface area contributed by atoms with Crippen molar-refractivity contribution in [3.63, 3.8) is 0 Å². The van der Waals surface area contributed by atoms with E-state index < -0.39 is 11.7 Å². The van der Waals surface area contributed by atoms with Gasteiger partial charge in [0.05, 0.1) is 12.2 Å². The summed E-state index contributed by atoms with van der Waals surface area (Å²) in [7, 11) is 0. The molecule has 1 aliphatic rings. The predicted octanol–water partition coefficient (Wildman–Crippen LogP) is 2.38. The molecule has 0 radical (unpaired) electrons. The van der Waals surface area contributed by atoms with Crippen molar-refractivity contribution < 1.29 is 22.7 Å². The molecular weight excluding hydrogens is 247 g/mol. The second-order valence-electron chi connectivity index (χ2n) is 4.09. The molecule has 0 bridgehead atoms. The fourth-order valence-corrected chi connectivity index (χ4v) is 1.92. The summed E-state index contributed by atoms with van der Waals surface area (Å²) in [4.78, 5) is 13.0. The lowest BCUT2D eigenvalue weighted by Gasteiger charge is -2.27. The van der Waals surface area contributed by atoms with E-state index in [0.717, 1.165) is 6.07 Å². The number of amides is 1. The average molecular weight is 259 g/mol. The molecule has 0 saturated carbocycles. The highest BCUT2D eigenvalue weighted by molar-refractivity contribution is 5.94. The molecule has 2 rings (SSSR count). The minimum atomic E-state index is -4.36. The van der Waals surface area contributed by atoms with Crippen molar-refractivity contribution in [3.8, 4) is 0 Å². The van der Waals surface area contributed by atoms with Crippen LogP contribution in [0.15, 0.2) is 18.2 Å². The smallest absolute Gasteiger partial charge is 0.370 e. The largest absolute Gasteiger partial charge is 0.416 e. The molecular formula is C12H12F3NO2. The first-order valence-electron chi connectivity index (χ1n) is 5.45. The van der Waals surface area contributed by atoms with Crippen LogP contribution in [0, 0.1) is 6.92 Å². The normalized spacial score (nSPS) is 17.1. The van der Waals surface area contributed by atoms with E-state index >= 15 is 0 Å². The van der Waals surface area contributed by atoms with Crippen LogP contribution in [0.25, 0.3) is 0 Å². The van der Waals surface area contributed by atoms with Gasteiger partial charge in [-0.2, -0.15) is 13.2 Å². The first kappa shape index (κ1) is 12.9. The maximum atomic E-state index is 12.6. The first-order chi connectivity index (χ1) is 8.39. The maximum Gasteiger partial charge on any atom is 0.416 e. The maximum absolute atomic E-state index is 12.6. The third kappa shape index (κ3) is 2.48. The number of nitrogens with zero attached hydrogens (tertiary/aromatic N) is 1. The van der Waals surface area contributed by atoms with Gasteiger partial charge in [-0.15, -0.1) is 0 Å². The van der Waals surface area contributed by atoms with Crippen LogP contribution in [0.4, 0.5) is 18.9 Å². The van der Waals surface area contributed by atoms with Gasteiger partial charge in [-0.3, -0.25) is 4.79 Å². The van der Waals surface area contributed by atoms with Crippen LogP contribution in [0.1, 0.15) is 11.1 Å². The van der Waals surface area contributed by atoms with E-state index in [2.05, 4.69) is 0 Å². The summed E-state index contributed by atoms with van der Waals surface area (Å²) < 4.78 is 42.8. The highest BCUT2D eigenvalue weighted by Gasteiger charge is 2.32. The number of aryl methyl sites for hydroxylation is 1. The Labute approximate surface area is 102 Å². The van der Waals surface area contributed by atoms with Crippen LogP contribution in [-0.2, 0) is 15.7 Å². The molecule has 0 atom stereocenters. The van der Waals surface area contributed by atoms with Crippen molar-refractivity contribution in [2.24, 2.45) is 0 Å². The molecule has 1 fully saturated rings. The Bertz CT molecular complexity index is 471. The number of halogens is 3. The molecule has 1 aromatic carbocycles. The van der Waals surface area contributed by atoms with E-state index in [4.69, 9.17) is 4.74 Å². The summed E-state index contributed by atoms with van der Waals surface area (Å²) in [5, 5.41) is 0. The number of carbonyl (C=O) groups is 1. The predicted molar refractivity (Wildman–Crippen MR) is 59.4 cm³/mol. The molecule has 1 aromatic rings. The number of morpholine rings is 1. The minimum Gasteiger partial charge on any atom is -0.370 e. The Morgan fingerprint density at radius 2 is 2.06 bits per heavy atom. The van der Waals surface area contributed by atoms with Crippen molar-refractivity contribution in [1.29, 1.82) is 0 Å². The van der Waals surface area contributed by atoms with Crippen LogP contribution >= 0.6 is 0 Å². The van der Waals surface area contributed by atoms with Crippen LogP contribution in [0.2, 0.25) is 0 Å². The van der Waals surface area contributed by atoms with E-state index in [-0.39, 0.29) is 18.1 Å². The Kier molecular flexibility index (Phi) is 3.30. The average Bonchev–Trinajstić information content (AvgIpc) is 2.27. The summed E-state index contributed by atoms with van der Waals surface area (Å²) in [6.45, 7) is 2.12. The fourth-order valence-electron chi connectivity index (χ4n) is 1.92. The number of rotatable bonds is 1. The number of anilines is 1. The lowest BCUT2D eigenvalue weighted by molar-refractivity contribution is -0.138.